The molecule has 0 bridgehead atoms. The van der Waals surface area contributed by atoms with Crippen LogP contribution in [0.1, 0.15) is 96.8 Å². The van der Waals surface area contributed by atoms with E-state index < -0.39 is 11.9 Å². The predicted octanol–water partition coefficient (Wildman–Crippen LogP) is 5.25. The Morgan fingerprint density at radius 2 is 1.18 bits per heavy atom. The normalized spacial score (nSPS) is 12.2. The van der Waals surface area contributed by atoms with Crippen LogP contribution >= 0.6 is 0 Å². The van der Waals surface area contributed by atoms with Crippen molar-refractivity contribution >= 4 is 11.9 Å². The predicted molar refractivity (Wildman–Crippen MR) is 89.1 cm³/mol. The van der Waals surface area contributed by atoms with Gasteiger partial charge in [0.05, 0.1) is 5.92 Å². The summed E-state index contributed by atoms with van der Waals surface area (Å²) in [6.07, 6.45) is 13.8. The topological polar surface area (TPSA) is 74.6 Å². The van der Waals surface area contributed by atoms with Gasteiger partial charge in [0.2, 0.25) is 0 Å². The molecule has 0 amide bonds. The summed E-state index contributed by atoms with van der Waals surface area (Å²) in [5.74, 6) is -1.71. The fraction of sp³-hybridized carbons (Fsp3) is 0.889. The molecule has 0 aliphatic heterocycles. The summed E-state index contributed by atoms with van der Waals surface area (Å²) in [5, 5.41) is 17.8. The Morgan fingerprint density at radius 3 is 1.64 bits per heavy atom. The third-order valence-corrected chi connectivity index (χ3v) is 4.20. The molecular weight excluding hydrogens is 280 g/mol. The van der Waals surface area contributed by atoms with E-state index in [0.717, 1.165) is 32.1 Å². The van der Waals surface area contributed by atoms with Gasteiger partial charge in [-0.2, -0.15) is 0 Å². The van der Waals surface area contributed by atoms with Gasteiger partial charge in [-0.05, 0) is 19.3 Å². The fourth-order valence-electron chi connectivity index (χ4n) is 2.76. The summed E-state index contributed by atoms with van der Waals surface area (Å²) in [5.41, 5.74) is 0. The van der Waals surface area contributed by atoms with Crippen molar-refractivity contribution in [3.63, 3.8) is 0 Å². The molecule has 0 aromatic rings. The average Bonchev–Trinajstić information content (AvgIpc) is 2.46. The number of carboxylic acid groups (broad SMARTS) is 2. The lowest BCUT2D eigenvalue weighted by molar-refractivity contribution is -0.142. The lowest BCUT2D eigenvalue weighted by atomic mass is 9.94. The zero-order chi connectivity index (χ0) is 16.6. The number of aliphatic carboxylic acids is 2. The zero-order valence-corrected chi connectivity index (χ0v) is 14.2. The maximum absolute atomic E-state index is 11.2. The summed E-state index contributed by atoms with van der Waals surface area (Å²) in [6.45, 7) is 2.22. The maximum Gasteiger partial charge on any atom is 0.306 e. The standard InChI is InChI=1S/C18H34O4/c1-2-3-4-5-6-7-8-10-13-16(18(21)22)14-11-9-12-15-17(19)20/h16H,2-15H2,1H3,(H,19,20)(H,21,22). The molecule has 0 rings (SSSR count). The van der Waals surface area contributed by atoms with Crippen molar-refractivity contribution in [3.05, 3.63) is 0 Å². The molecule has 0 aromatic carbocycles. The van der Waals surface area contributed by atoms with Gasteiger partial charge in [-0.1, -0.05) is 71.1 Å². The molecule has 1 unspecified atom stereocenters. The number of rotatable bonds is 16. The molecular formula is C18H34O4. The summed E-state index contributed by atoms with van der Waals surface area (Å²) >= 11 is 0. The summed E-state index contributed by atoms with van der Waals surface area (Å²) in [7, 11) is 0. The fourth-order valence-corrected chi connectivity index (χ4v) is 2.76. The highest BCUT2D eigenvalue weighted by atomic mass is 16.4. The lowest BCUT2D eigenvalue weighted by Gasteiger charge is -2.12. The average molecular weight is 314 g/mol. The van der Waals surface area contributed by atoms with Crippen LogP contribution in [0.4, 0.5) is 0 Å². The van der Waals surface area contributed by atoms with Crippen LogP contribution < -0.4 is 0 Å². The van der Waals surface area contributed by atoms with Gasteiger partial charge in [-0.3, -0.25) is 9.59 Å². The second-order valence-electron chi connectivity index (χ2n) is 6.29. The van der Waals surface area contributed by atoms with Crippen LogP contribution in [0.25, 0.3) is 0 Å². The first-order valence-electron chi connectivity index (χ1n) is 9.02. The molecule has 0 aliphatic carbocycles. The first-order chi connectivity index (χ1) is 10.6. The van der Waals surface area contributed by atoms with Crippen LogP contribution in [0.15, 0.2) is 0 Å². The van der Waals surface area contributed by atoms with Crippen molar-refractivity contribution < 1.29 is 19.8 Å². The van der Waals surface area contributed by atoms with Gasteiger partial charge < -0.3 is 10.2 Å². The molecule has 0 fully saturated rings. The number of carboxylic acids is 2. The summed E-state index contributed by atoms with van der Waals surface area (Å²) in [6, 6.07) is 0. The molecule has 2 N–H and O–H groups in total. The highest BCUT2D eigenvalue weighted by Crippen LogP contribution is 2.19. The van der Waals surface area contributed by atoms with E-state index in [2.05, 4.69) is 6.92 Å². The molecule has 0 saturated carbocycles. The van der Waals surface area contributed by atoms with Crippen molar-refractivity contribution in [2.75, 3.05) is 0 Å². The van der Waals surface area contributed by atoms with Gasteiger partial charge in [0, 0.05) is 6.42 Å². The van der Waals surface area contributed by atoms with E-state index in [0.29, 0.717) is 12.8 Å². The van der Waals surface area contributed by atoms with E-state index in [-0.39, 0.29) is 12.3 Å². The van der Waals surface area contributed by atoms with Crippen LogP contribution in [0.2, 0.25) is 0 Å². The van der Waals surface area contributed by atoms with Crippen LogP contribution in [-0.2, 0) is 9.59 Å². The molecule has 0 spiro atoms. The maximum atomic E-state index is 11.2. The zero-order valence-electron chi connectivity index (χ0n) is 14.2. The summed E-state index contributed by atoms with van der Waals surface area (Å²) in [4.78, 5) is 21.6. The van der Waals surface area contributed by atoms with Crippen molar-refractivity contribution in [2.24, 2.45) is 5.92 Å². The van der Waals surface area contributed by atoms with Gasteiger partial charge in [0.15, 0.2) is 0 Å². The van der Waals surface area contributed by atoms with Gasteiger partial charge in [-0.25, -0.2) is 0 Å². The number of hydrogen-bond donors (Lipinski definition) is 2. The van der Waals surface area contributed by atoms with Crippen LogP contribution in [0.3, 0.4) is 0 Å². The van der Waals surface area contributed by atoms with Crippen LogP contribution in [0.5, 0.6) is 0 Å². The first kappa shape index (κ1) is 20.9. The monoisotopic (exact) mass is 314 g/mol. The highest BCUT2D eigenvalue weighted by Gasteiger charge is 2.16. The largest absolute Gasteiger partial charge is 0.481 e. The Kier molecular flexibility index (Phi) is 14.1. The van der Waals surface area contributed by atoms with Crippen molar-refractivity contribution in [3.8, 4) is 0 Å². The van der Waals surface area contributed by atoms with Crippen molar-refractivity contribution in [1.82, 2.24) is 0 Å². The SMILES string of the molecule is CCCCCCCCCCC(CCCCCC(=O)O)C(=O)O. The van der Waals surface area contributed by atoms with E-state index in [9.17, 15) is 14.7 Å². The smallest absolute Gasteiger partial charge is 0.306 e. The number of carbonyl (C=O) groups is 2. The molecule has 0 aromatic heterocycles. The van der Waals surface area contributed by atoms with Crippen LogP contribution in [-0.4, -0.2) is 22.2 Å². The second-order valence-corrected chi connectivity index (χ2v) is 6.29. The molecule has 4 heteroatoms. The lowest BCUT2D eigenvalue weighted by Crippen LogP contribution is -2.13. The third-order valence-electron chi connectivity index (χ3n) is 4.20. The van der Waals surface area contributed by atoms with Crippen LogP contribution in [0, 0.1) is 5.92 Å². The molecule has 0 aliphatic rings. The molecule has 0 saturated heterocycles. The Hall–Kier alpha value is -1.06. The molecule has 1 atom stereocenters. The minimum absolute atomic E-state index is 0.190. The Morgan fingerprint density at radius 1 is 0.727 bits per heavy atom. The van der Waals surface area contributed by atoms with Gasteiger partial charge in [0.1, 0.15) is 0 Å². The summed E-state index contributed by atoms with van der Waals surface area (Å²) < 4.78 is 0. The third kappa shape index (κ3) is 13.9. The Balaban J connectivity index is 3.56. The van der Waals surface area contributed by atoms with Crippen molar-refractivity contribution in [2.45, 2.75) is 96.8 Å². The van der Waals surface area contributed by atoms with Gasteiger partial charge >= 0.3 is 11.9 Å². The van der Waals surface area contributed by atoms with Gasteiger partial charge in [0.25, 0.3) is 0 Å². The van der Waals surface area contributed by atoms with Gasteiger partial charge in [-0.15, -0.1) is 0 Å². The quantitative estimate of drug-likeness (QED) is 0.381. The van der Waals surface area contributed by atoms with Crippen molar-refractivity contribution in [1.29, 1.82) is 0 Å². The van der Waals surface area contributed by atoms with E-state index in [1.807, 2.05) is 0 Å². The molecule has 130 valence electrons. The first-order valence-corrected chi connectivity index (χ1v) is 9.02. The molecule has 0 radical (unpaired) electrons. The minimum atomic E-state index is -0.770. The number of unbranched alkanes of at least 4 members (excludes halogenated alkanes) is 9. The Bertz CT molecular complexity index is 289. The number of hydrogen-bond acceptors (Lipinski definition) is 2. The highest BCUT2D eigenvalue weighted by molar-refractivity contribution is 5.69. The molecule has 4 nitrogen and oxygen atoms in total. The van der Waals surface area contributed by atoms with E-state index in [4.69, 9.17) is 5.11 Å². The molecule has 22 heavy (non-hydrogen) atoms. The molecule has 0 heterocycles. The van der Waals surface area contributed by atoms with E-state index >= 15 is 0 Å². The van der Waals surface area contributed by atoms with E-state index in [1.165, 1.54) is 38.5 Å². The minimum Gasteiger partial charge on any atom is -0.481 e. The van der Waals surface area contributed by atoms with E-state index in [1.54, 1.807) is 0 Å². The Labute approximate surface area is 135 Å². The second kappa shape index (κ2) is 14.9.